The van der Waals surface area contributed by atoms with Gasteiger partial charge in [-0.3, -0.25) is 9.59 Å². The van der Waals surface area contributed by atoms with E-state index in [1.54, 1.807) is 4.90 Å². The van der Waals surface area contributed by atoms with Crippen LogP contribution in [0.15, 0.2) is 24.3 Å². The van der Waals surface area contributed by atoms with E-state index in [4.69, 9.17) is 4.74 Å². The van der Waals surface area contributed by atoms with Gasteiger partial charge in [-0.25, -0.2) is 0 Å². The van der Waals surface area contributed by atoms with E-state index in [0.717, 1.165) is 34.2 Å². The molecule has 1 heterocycles. The Morgan fingerprint density at radius 3 is 2.27 bits per heavy atom. The molecule has 0 spiro atoms. The fourth-order valence-electron chi connectivity index (χ4n) is 3.85. The zero-order valence-corrected chi connectivity index (χ0v) is 15.9. The number of carbonyl (C=O) groups is 2. The van der Waals surface area contributed by atoms with Gasteiger partial charge in [0.15, 0.2) is 0 Å². The largest absolute Gasteiger partial charge is 0.466 e. The monoisotopic (exact) mass is 351 g/mol. The molecule has 0 N–H and O–H groups in total. The van der Waals surface area contributed by atoms with Crippen LogP contribution in [0.4, 0.5) is 0 Å². The summed E-state index contributed by atoms with van der Waals surface area (Å²) in [6.45, 7) is 9.64. The summed E-state index contributed by atoms with van der Waals surface area (Å²) in [5.41, 5.74) is 9.03. The standard InChI is InChI=1S/C22H25NO3/c1-5-26-21(25)10-18-15(3)19-11-23(13-24)12-20(19)16(4)22(18)17-8-6-14(2)7-9-17/h6-9,13H,5,10-12H2,1-4H3. The Bertz CT molecular complexity index is 853. The molecule has 26 heavy (non-hydrogen) atoms. The second-order valence-corrected chi connectivity index (χ2v) is 6.92. The number of hydrogen-bond donors (Lipinski definition) is 0. The van der Waals surface area contributed by atoms with Gasteiger partial charge >= 0.3 is 5.97 Å². The second-order valence-electron chi connectivity index (χ2n) is 6.92. The van der Waals surface area contributed by atoms with Crippen LogP contribution in [-0.4, -0.2) is 23.9 Å². The number of rotatable bonds is 5. The Morgan fingerprint density at radius 1 is 1.08 bits per heavy atom. The molecule has 0 saturated carbocycles. The van der Waals surface area contributed by atoms with Crippen molar-refractivity contribution in [1.82, 2.24) is 4.90 Å². The van der Waals surface area contributed by atoms with Gasteiger partial charge in [0.1, 0.15) is 0 Å². The molecule has 2 aromatic rings. The average Bonchev–Trinajstić information content (AvgIpc) is 3.06. The highest BCUT2D eigenvalue weighted by atomic mass is 16.5. The smallest absolute Gasteiger partial charge is 0.310 e. The molecule has 0 bridgehead atoms. The summed E-state index contributed by atoms with van der Waals surface area (Å²) < 4.78 is 5.21. The molecule has 136 valence electrons. The number of benzene rings is 2. The van der Waals surface area contributed by atoms with Crippen molar-refractivity contribution < 1.29 is 14.3 Å². The summed E-state index contributed by atoms with van der Waals surface area (Å²) in [5.74, 6) is -0.214. The quantitative estimate of drug-likeness (QED) is 0.607. The molecule has 3 rings (SSSR count). The maximum atomic E-state index is 12.2. The van der Waals surface area contributed by atoms with Gasteiger partial charge in [-0.05, 0) is 66.6 Å². The molecule has 0 aliphatic carbocycles. The van der Waals surface area contributed by atoms with Crippen LogP contribution < -0.4 is 0 Å². The minimum Gasteiger partial charge on any atom is -0.466 e. The lowest BCUT2D eigenvalue weighted by atomic mass is 9.84. The number of carbonyl (C=O) groups excluding carboxylic acids is 2. The van der Waals surface area contributed by atoms with E-state index in [0.29, 0.717) is 19.7 Å². The fraction of sp³-hybridized carbons (Fsp3) is 0.364. The Balaban J connectivity index is 2.20. The van der Waals surface area contributed by atoms with Crippen LogP contribution in [0.5, 0.6) is 0 Å². The average molecular weight is 351 g/mol. The molecule has 4 nitrogen and oxygen atoms in total. The van der Waals surface area contributed by atoms with Gasteiger partial charge in [0, 0.05) is 13.1 Å². The Kier molecular flexibility index (Phi) is 5.12. The van der Waals surface area contributed by atoms with Crippen LogP contribution in [0, 0.1) is 20.8 Å². The van der Waals surface area contributed by atoms with Crippen molar-refractivity contribution in [3.63, 3.8) is 0 Å². The van der Waals surface area contributed by atoms with Crippen molar-refractivity contribution in [3.05, 3.63) is 57.6 Å². The van der Waals surface area contributed by atoms with Crippen LogP contribution in [0.1, 0.15) is 40.3 Å². The van der Waals surface area contributed by atoms with Crippen LogP contribution in [0.25, 0.3) is 11.1 Å². The number of fused-ring (bicyclic) bond motifs is 1. The lowest BCUT2D eigenvalue weighted by molar-refractivity contribution is -0.142. The summed E-state index contributed by atoms with van der Waals surface area (Å²) in [7, 11) is 0. The number of ether oxygens (including phenoxy) is 1. The first kappa shape index (κ1) is 18.2. The molecule has 1 aliphatic rings. The maximum Gasteiger partial charge on any atom is 0.310 e. The molecular formula is C22H25NO3. The zero-order chi connectivity index (χ0) is 18.8. The van der Waals surface area contributed by atoms with Crippen molar-refractivity contribution in [1.29, 1.82) is 0 Å². The van der Waals surface area contributed by atoms with E-state index < -0.39 is 0 Å². The van der Waals surface area contributed by atoms with E-state index in [1.165, 1.54) is 16.7 Å². The molecule has 0 unspecified atom stereocenters. The van der Waals surface area contributed by atoms with Crippen LogP contribution in [-0.2, 0) is 33.8 Å². The molecule has 2 aromatic carbocycles. The van der Waals surface area contributed by atoms with Gasteiger partial charge in [0.25, 0.3) is 0 Å². The highest BCUT2D eigenvalue weighted by Gasteiger charge is 2.27. The van der Waals surface area contributed by atoms with Crippen molar-refractivity contribution in [2.24, 2.45) is 0 Å². The maximum absolute atomic E-state index is 12.2. The number of esters is 1. The SMILES string of the molecule is CCOC(=O)Cc1c(C)c2c(c(C)c1-c1ccc(C)cc1)CN(C=O)C2. The van der Waals surface area contributed by atoms with Gasteiger partial charge in [-0.15, -0.1) is 0 Å². The summed E-state index contributed by atoms with van der Waals surface area (Å²) >= 11 is 0. The zero-order valence-electron chi connectivity index (χ0n) is 15.9. The second kappa shape index (κ2) is 7.32. The Hall–Kier alpha value is -2.62. The van der Waals surface area contributed by atoms with E-state index >= 15 is 0 Å². The normalized spacial score (nSPS) is 12.8. The topological polar surface area (TPSA) is 46.6 Å². The minimum atomic E-state index is -0.214. The predicted octanol–water partition coefficient (Wildman–Crippen LogP) is 3.86. The minimum absolute atomic E-state index is 0.214. The summed E-state index contributed by atoms with van der Waals surface area (Å²) in [6.07, 6.45) is 1.15. The van der Waals surface area contributed by atoms with E-state index in [2.05, 4.69) is 45.0 Å². The summed E-state index contributed by atoms with van der Waals surface area (Å²) in [5, 5.41) is 0. The molecule has 4 heteroatoms. The number of hydrogen-bond acceptors (Lipinski definition) is 3. The van der Waals surface area contributed by atoms with E-state index in [9.17, 15) is 9.59 Å². The first-order chi connectivity index (χ1) is 12.5. The lowest BCUT2D eigenvalue weighted by Crippen LogP contribution is -2.13. The molecule has 0 saturated heterocycles. The fourth-order valence-corrected chi connectivity index (χ4v) is 3.85. The van der Waals surface area contributed by atoms with Crippen molar-refractivity contribution in [2.75, 3.05) is 6.61 Å². The number of amides is 1. The third-order valence-corrected chi connectivity index (χ3v) is 5.24. The van der Waals surface area contributed by atoms with Crippen LogP contribution in [0.2, 0.25) is 0 Å². The molecule has 1 aliphatic heterocycles. The highest BCUT2D eigenvalue weighted by Crippen LogP contribution is 2.39. The van der Waals surface area contributed by atoms with Crippen molar-refractivity contribution in [3.8, 4) is 11.1 Å². The van der Waals surface area contributed by atoms with Crippen molar-refractivity contribution >= 4 is 12.4 Å². The summed E-state index contributed by atoms with van der Waals surface area (Å²) in [4.78, 5) is 25.3. The number of nitrogens with zero attached hydrogens (tertiary/aromatic N) is 1. The number of aryl methyl sites for hydroxylation is 1. The Morgan fingerprint density at radius 2 is 1.69 bits per heavy atom. The molecule has 1 amide bonds. The molecular weight excluding hydrogens is 326 g/mol. The van der Waals surface area contributed by atoms with E-state index in [1.807, 2.05) is 6.92 Å². The van der Waals surface area contributed by atoms with Crippen molar-refractivity contribution in [2.45, 2.75) is 47.2 Å². The van der Waals surface area contributed by atoms with Gasteiger partial charge in [0.2, 0.25) is 6.41 Å². The first-order valence-electron chi connectivity index (χ1n) is 9.02. The third-order valence-electron chi connectivity index (χ3n) is 5.24. The van der Waals surface area contributed by atoms with Gasteiger partial charge in [0.05, 0.1) is 13.0 Å². The van der Waals surface area contributed by atoms with E-state index in [-0.39, 0.29) is 12.4 Å². The molecule has 0 atom stereocenters. The molecule has 0 radical (unpaired) electrons. The lowest BCUT2D eigenvalue weighted by Gasteiger charge is -2.20. The summed E-state index contributed by atoms with van der Waals surface area (Å²) in [6, 6.07) is 8.38. The van der Waals surface area contributed by atoms with Crippen LogP contribution >= 0.6 is 0 Å². The van der Waals surface area contributed by atoms with Gasteiger partial charge < -0.3 is 9.64 Å². The third kappa shape index (κ3) is 3.24. The van der Waals surface area contributed by atoms with Gasteiger partial charge in [-0.2, -0.15) is 0 Å². The first-order valence-corrected chi connectivity index (χ1v) is 9.02. The molecule has 0 fully saturated rings. The molecule has 0 aromatic heterocycles. The van der Waals surface area contributed by atoms with Crippen LogP contribution in [0.3, 0.4) is 0 Å². The van der Waals surface area contributed by atoms with Gasteiger partial charge in [-0.1, -0.05) is 29.8 Å². The predicted molar refractivity (Wildman–Crippen MR) is 102 cm³/mol. The Labute approximate surface area is 154 Å². The highest BCUT2D eigenvalue weighted by molar-refractivity contribution is 5.82.